The van der Waals surface area contributed by atoms with Gasteiger partial charge in [0, 0.05) is 6.54 Å². The van der Waals surface area contributed by atoms with Crippen molar-refractivity contribution < 1.29 is 9.53 Å². The number of nitrogens with zero attached hydrogens (tertiary/aromatic N) is 4. The summed E-state index contributed by atoms with van der Waals surface area (Å²) in [5.41, 5.74) is 0.251. The predicted molar refractivity (Wildman–Crippen MR) is 64.7 cm³/mol. The van der Waals surface area contributed by atoms with Crippen molar-refractivity contribution >= 4 is 23.7 Å². The number of ether oxygens (including phenoxy) is 1. The first kappa shape index (κ1) is 12.7. The van der Waals surface area contributed by atoms with E-state index in [9.17, 15) is 4.79 Å². The average Bonchev–Trinajstić information content (AvgIpc) is 2.38. The van der Waals surface area contributed by atoms with Crippen LogP contribution in [0.25, 0.3) is 0 Å². The number of nitriles is 1. The third-order valence-corrected chi connectivity index (χ3v) is 2.91. The van der Waals surface area contributed by atoms with Crippen molar-refractivity contribution in [2.75, 3.05) is 24.6 Å². The van der Waals surface area contributed by atoms with Crippen molar-refractivity contribution in [3.8, 4) is 6.07 Å². The molecular formula is C11H11ClN4O2. The van der Waals surface area contributed by atoms with Crippen LogP contribution in [0.2, 0.25) is 5.15 Å². The van der Waals surface area contributed by atoms with Gasteiger partial charge < -0.3 is 9.64 Å². The van der Waals surface area contributed by atoms with Crippen molar-refractivity contribution in [3.05, 3.63) is 16.5 Å². The molecule has 1 fully saturated rings. The van der Waals surface area contributed by atoms with Gasteiger partial charge in [-0.1, -0.05) is 11.6 Å². The maximum Gasteiger partial charge on any atom is 0.161 e. The molecule has 6 nitrogen and oxygen atoms in total. The lowest BCUT2D eigenvalue weighted by Gasteiger charge is -2.31. The van der Waals surface area contributed by atoms with Crippen molar-refractivity contribution in [2.24, 2.45) is 0 Å². The zero-order valence-corrected chi connectivity index (χ0v) is 10.5. The van der Waals surface area contributed by atoms with Crippen LogP contribution in [0.3, 0.4) is 0 Å². The molecule has 1 atom stereocenters. The van der Waals surface area contributed by atoms with Crippen LogP contribution < -0.4 is 4.90 Å². The van der Waals surface area contributed by atoms with Crippen LogP contribution in [0, 0.1) is 18.3 Å². The topological polar surface area (TPSA) is 79.1 Å². The highest BCUT2D eigenvalue weighted by Crippen LogP contribution is 2.24. The molecule has 1 aromatic rings. The van der Waals surface area contributed by atoms with E-state index in [1.165, 1.54) is 0 Å². The van der Waals surface area contributed by atoms with E-state index < -0.39 is 6.10 Å². The Bertz CT molecular complexity index is 515. The zero-order chi connectivity index (χ0) is 13.1. The lowest BCUT2D eigenvalue weighted by molar-refractivity contribution is 0.0760. The second kappa shape index (κ2) is 5.29. The van der Waals surface area contributed by atoms with E-state index in [4.69, 9.17) is 21.6 Å². The fraction of sp³-hybridized carbons (Fsp3) is 0.455. The lowest BCUT2D eigenvalue weighted by Crippen LogP contribution is -2.42. The van der Waals surface area contributed by atoms with Crippen molar-refractivity contribution in [3.63, 3.8) is 0 Å². The summed E-state index contributed by atoms with van der Waals surface area (Å²) in [6.45, 7) is 3.04. The largest absolute Gasteiger partial charge is 0.360 e. The van der Waals surface area contributed by atoms with Gasteiger partial charge in [0.2, 0.25) is 0 Å². The molecule has 1 aliphatic rings. The summed E-state index contributed by atoms with van der Waals surface area (Å²) in [5, 5.41) is 8.99. The minimum atomic E-state index is -0.521. The van der Waals surface area contributed by atoms with Gasteiger partial charge in [0.1, 0.15) is 16.8 Å². The summed E-state index contributed by atoms with van der Waals surface area (Å²) < 4.78 is 5.25. The number of hydrogen-bond donors (Lipinski definition) is 0. The number of morpholine rings is 1. The van der Waals surface area contributed by atoms with Gasteiger partial charge in [-0.05, 0) is 6.92 Å². The highest BCUT2D eigenvalue weighted by molar-refractivity contribution is 6.32. The fourth-order valence-corrected chi connectivity index (χ4v) is 2.05. The average molecular weight is 267 g/mol. The van der Waals surface area contributed by atoms with Crippen molar-refractivity contribution in [2.45, 2.75) is 13.0 Å². The monoisotopic (exact) mass is 266 g/mol. The number of carbonyl (C=O) groups is 1. The quantitative estimate of drug-likeness (QED) is 0.586. The number of aromatic nitrogens is 2. The first-order valence-electron chi connectivity index (χ1n) is 5.41. The van der Waals surface area contributed by atoms with Crippen LogP contribution in [0.5, 0.6) is 0 Å². The molecular weight excluding hydrogens is 256 g/mol. The number of halogens is 1. The van der Waals surface area contributed by atoms with E-state index in [1.807, 2.05) is 11.0 Å². The van der Waals surface area contributed by atoms with E-state index in [0.29, 0.717) is 37.6 Å². The van der Waals surface area contributed by atoms with Gasteiger partial charge in [-0.25, -0.2) is 9.97 Å². The zero-order valence-electron chi connectivity index (χ0n) is 9.76. The molecule has 0 saturated carbocycles. The Kier molecular flexibility index (Phi) is 3.75. The Balaban J connectivity index is 2.38. The summed E-state index contributed by atoms with van der Waals surface area (Å²) in [5.74, 6) is 0.951. The maximum atomic E-state index is 11.1. The van der Waals surface area contributed by atoms with Crippen LogP contribution in [0.4, 0.5) is 5.82 Å². The smallest absolute Gasteiger partial charge is 0.161 e. The summed E-state index contributed by atoms with van der Waals surface area (Å²) in [6, 6.07) is 2.04. The minimum absolute atomic E-state index is 0.132. The lowest BCUT2D eigenvalue weighted by atomic mass is 10.2. The van der Waals surface area contributed by atoms with Gasteiger partial charge in [-0.15, -0.1) is 0 Å². The van der Waals surface area contributed by atoms with Gasteiger partial charge in [-0.3, -0.25) is 4.79 Å². The highest BCUT2D eigenvalue weighted by Gasteiger charge is 2.24. The summed E-state index contributed by atoms with van der Waals surface area (Å²) in [4.78, 5) is 21.1. The Hall–Kier alpha value is -1.71. The van der Waals surface area contributed by atoms with E-state index in [-0.39, 0.29) is 10.7 Å². The third kappa shape index (κ3) is 2.42. The number of aryl methyl sites for hydroxylation is 1. The molecule has 0 N–H and O–H groups in total. The van der Waals surface area contributed by atoms with Gasteiger partial charge >= 0.3 is 0 Å². The van der Waals surface area contributed by atoms with Crippen LogP contribution in [-0.4, -0.2) is 42.1 Å². The Labute approximate surface area is 109 Å². The van der Waals surface area contributed by atoms with Crippen LogP contribution in [0.1, 0.15) is 16.2 Å². The van der Waals surface area contributed by atoms with E-state index in [0.717, 1.165) is 0 Å². The third-order valence-electron chi connectivity index (χ3n) is 2.62. The predicted octanol–water partition coefficient (Wildman–Crippen LogP) is 0.980. The molecule has 1 aromatic heterocycles. The highest BCUT2D eigenvalue weighted by atomic mass is 35.5. The first-order chi connectivity index (χ1) is 8.65. The molecule has 0 bridgehead atoms. The molecule has 0 spiro atoms. The molecule has 7 heteroatoms. The molecule has 0 radical (unpaired) electrons. The molecule has 1 aliphatic heterocycles. The molecule has 1 unspecified atom stereocenters. The second-order valence-corrected chi connectivity index (χ2v) is 4.21. The molecule has 2 rings (SSSR count). The standard InChI is InChI=1S/C11H11ClN4O2/c1-7-14-10(12)9(6-17)11(15-7)16-2-3-18-8(4-13)5-16/h6,8H,2-3,5H2,1H3. The fourth-order valence-electron chi connectivity index (χ4n) is 1.80. The maximum absolute atomic E-state index is 11.1. The minimum Gasteiger partial charge on any atom is -0.360 e. The molecule has 0 aromatic carbocycles. The summed E-state index contributed by atoms with van der Waals surface area (Å²) in [6.07, 6.45) is 0.112. The first-order valence-corrected chi connectivity index (χ1v) is 5.79. The number of aldehydes is 1. The van der Waals surface area contributed by atoms with Crippen LogP contribution >= 0.6 is 11.6 Å². The molecule has 0 aliphatic carbocycles. The van der Waals surface area contributed by atoms with Gasteiger partial charge in [0.25, 0.3) is 0 Å². The number of anilines is 1. The Morgan fingerprint density at radius 2 is 2.39 bits per heavy atom. The number of hydrogen-bond acceptors (Lipinski definition) is 6. The second-order valence-electron chi connectivity index (χ2n) is 3.85. The van der Waals surface area contributed by atoms with Crippen LogP contribution in [-0.2, 0) is 4.74 Å². The molecule has 0 amide bonds. The molecule has 18 heavy (non-hydrogen) atoms. The molecule has 1 saturated heterocycles. The SMILES string of the molecule is Cc1nc(Cl)c(C=O)c(N2CCOC(C#N)C2)n1. The summed E-state index contributed by atoms with van der Waals surface area (Å²) in [7, 11) is 0. The summed E-state index contributed by atoms with van der Waals surface area (Å²) >= 11 is 5.92. The molecule has 94 valence electrons. The van der Waals surface area contributed by atoms with Gasteiger partial charge in [0.05, 0.1) is 24.8 Å². The number of carbonyl (C=O) groups excluding carboxylic acids is 1. The normalized spacial score (nSPS) is 19.4. The number of rotatable bonds is 2. The Morgan fingerprint density at radius 1 is 1.61 bits per heavy atom. The molecule has 2 heterocycles. The van der Waals surface area contributed by atoms with E-state index >= 15 is 0 Å². The van der Waals surface area contributed by atoms with E-state index in [1.54, 1.807) is 6.92 Å². The van der Waals surface area contributed by atoms with E-state index in [2.05, 4.69) is 9.97 Å². The van der Waals surface area contributed by atoms with Crippen LogP contribution in [0.15, 0.2) is 0 Å². The van der Waals surface area contributed by atoms with Gasteiger partial charge in [0.15, 0.2) is 12.4 Å². The van der Waals surface area contributed by atoms with Crippen molar-refractivity contribution in [1.29, 1.82) is 5.26 Å². The Morgan fingerprint density at radius 3 is 3.06 bits per heavy atom. The van der Waals surface area contributed by atoms with Crippen molar-refractivity contribution in [1.82, 2.24) is 9.97 Å². The van der Waals surface area contributed by atoms with Gasteiger partial charge in [-0.2, -0.15) is 5.26 Å².